The van der Waals surface area contributed by atoms with Crippen LogP contribution in [-0.2, 0) is 6.54 Å². The zero-order valence-electron chi connectivity index (χ0n) is 14.8. The zero-order valence-corrected chi connectivity index (χ0v) is 14.8. The second-order valence-electron chi connectivity index (χ2n) is 6.78. The van der Waals surface area contributed by atoms with Crippen molar-refractivity contribution in [2.75, 3.05) is 32.0 Å². The van der Waals surface area contributed by atoms with Crippen LogP contribution in [0.25, 0.3) is 0 Å². The molecule has 5 heteroatoms. The summed E-state index contributed by atoms with van der Waals surface area (Å²) in [5.41, 5.74) is 2.09. The molecule has 0 saturated carbocycles. The van der Waals surface area contributed by atoms with E-state index in [1.807, 2.05) is 17.0 Å². The van der Waals surface area contributed by atoms with Crippen LogP contribution in [0.5, 0.6) is 0 Å². The van der Waals surface area contributed by atoms with E-state index in [2.05, 4.69) is 52.6 Å². The highest BCUT2D eigenvalue weighted by Gasteiger charge is 2.23. The minimum atomic E-state index is -0.0240. The van der Waals surface area contributed by atoms with E-state index in [0.29, 0.717) is 5.92 Å². The van der Waals surface area contributed by atoms with E-state index >= 15 is 0 Å². The highest BCUT2D eigenvalue weighted by molar-refractivity contribution is 5.89. The molecule has 0 radical (unpaired) electrons. The number of aromatic nitrogens is 1. The molecule has 2 amide bonds. The normalized spacial score (nSPS) is 15.4. The van der Waals surface area contributed by atoms with E-state index in [0.717, 1.165) is 44.7 Å². The first-order valence-corrected chi connectivity index (χ1v) is 8.89. The van der Waals surface area contributed by atoms with Gasteiger partial charge in [0.05, 0.1) is 11.9 Å². The smallest absolute Gasteiger partial charge is 0.321 e. The molecular weight excluding hydrogens is 312 g/mol. The molecule has 2 aromatic rings. The summed E-state index contributed by atoms with van der Waals surface area (Å²) in [4.78, 5) is 20.6. The number of rotatable bonds is 5. The van der Waals surface area contributed by atoms with Gasteiger partial charge in [-0.05, 0) is 43.5 Å². The number of nitrogens with zero attached hydrogens (tertiary/aromatic N) is 3. The minimum Gasteiger partial charge on any atom is -0.325 e. The fourth-order valence-electron chi connectivity index (χ4n) is 3.36. The topological polar surface area (TPSA) is 48.5 Å². The molecule has 0 unspecified atom stereocenters. The summed E-state index contributed by atoms with van der Waals surface area (Å²) >= 11 is 0. The van der Waals surface area contributed by atoms with E-state index in [1.165, 1.54) is 5.56 Å². The van der Waals surface area contributed by atoms with E-state index in [9.17, 15) is 4.79 Å². The number of likely N-dealkylation sites (tertiary alicyclic amines) is 1. The Balaban J connectivity index is 1.41. The lowest BCUT2D eigenvalue weighted by Gasteiger charge is -2.34. The first-order valence-electron chi connectivity index (χ1n) is 8.89. The van der Waals surface area contributed by atoms with E-state index in [4.69, 9.17) is 0 Å². The monoisotopic (exact) mass is 338 g/mol. The maximum Gasteiger partial charge on any atom is 0.321 e. The number of piperidine rings is 1. The van der Waals surface area contributed by atoms with Gasteiger partial charge in [-0.1, -0.05) is 30.3 Å². The van der Waals surface area contributed by atoms with Crippen molar-refractivity contribution >= 4 is 11.7 Å². The molecule has 1 aromatic carbocycles. The number of hydrogen-bond acceptors (Lipinski definition) is 3. The third kappa shape index (κ3) is 5.29. The van der Waals surface area contributed by atoms with Gasteiger partial charge in [0, 0.05) is 32.4 Å². The van der Waals surface area contributed by atoms with Crippen LogP contribution in [0.2, 0.25) is 0 Å². The average Bonchev–Trinajstić information content (AvgIpc) is 2.64. The Morgan fingerprint density at radius 1 is 1.20 bits per heavy atom. The summed E-state index contributed by atoms with van der Waals surface area (Å²) in [6.45, 7) is 3.68. The molecule has 1 aromatic heterocycles. The number of urea groups is 1. The molecule has 1 aliphatic rings. The van der Waals surface area contributed by atoms with E-state index in [-0.39, 0.29) is 6.03 Å². The highest BCUT2D eigenvalue weighted by Crippen LogP contribution is 2.19. The lowest BCUT2D eigenvalue weighted by Crippen LogP contribution is -2.43. The predicted molar refractivity (Wildman–Crippen MR) is 100 cm³/mol. The van der Waals surface area contributed by atoms with Crippen molar-refractivity contribution in [1.82, 2.24) is 14.8 Å². The summed E-state index contributed by atoms with van der Waals surface area (Å²) in [6.07, 6.45) is 5.48. The van der Waals surface area contributed by atoms with Crippen molar-refractivity contribution in [2.45, 2.75) is 19.4 Å². The summed E-state index contributed by atoms with van der Waals surface area (Å²) in [5.74, 6) is 0.649. The third-order valence-corrected chi connectivity index (χ3v) is 4.68. The van der Waals surface area contributed by atoms with Gasteiger partial charge in [-0.25, -0.2) is 4.79 Å². The molecule has 5 nitrogen and oxygen atoms in total. The minimum absolute atomic E-state index is 0.0240. The van der Waals surface area contributed by atoms with Crippen molar-refractivity contribution in [3.8, 4) is 0 Å². The van der Waals surface area contributed by atoms with Gasteiger partial charge >= 0.3 is 6.03 Å². The molecule has 0 spiro atoms. The molecule has 3 rings (SSSR count). The fraction of sp³-hybridized carbons (Fsp3) is 0.400. The van der Waals surface area contributed by atoms with Gasteiger partial charge in [-0.3, -0.25) is 4.98 Å². The first kappa shape index (κ1) is 17.4. The molecule has 1 fully saturated rings. The van der Waals surface area contributed by atoms with Crippen molar-refractivity contribution in [1.29, 1.82) is 0 Å². The number of carbonyl (C=O) groups is 1. The van der Waals surface area contributed by atoms with Crippen LogP contribution in [0.15, 0.2) is 54.9 Å². The molecular formula is C20H26N4O. The van der Waals surface area contributed by atoms with Crippen LogP contribution >= 0.6 is 0 Å². The fourth-order valence-corrected chi connectivity index (χ4v) is 3.36. The SMILES string of the molecule is CN(Cc1ccccc1)CC1CCN(C(=O)Nc2cccnc2)CC1. The van der Waals surface area contributed by atoms with Crippen molar-refractivity contribution in [3.05, 3.63) is 60.4 Å². The van der Waals surface area contributed by atoms with Gasteiger partial charge in [0.25, 0.3) is 0 Å². The quantitative estimate of drug-likeness (QED) is 0.908. The van der Waals surface area contributed by atoms with Crippen molar-refractivity contribution in [2.24, 2.45) is 5.92 Å². The Morgan fingerprint density at radius 3 is 2.64 bits per heavy atom. The number of benzene rings is 1. The van der Waals surface area contributed by atoms with Crippen LogP contribution in [0.3, 0.4) is 0 Å². The number of carbonyl (C=O) groups excluding carboxylic acids is 1. The number of amides is 2. The van der Waals surface area contributed by atoms with Crippen molar-refractivity contribution < 1.29 is 4.79 Å². The van der Waals surface area contributed by atoms with E-state index < -0.39 is 0 Å². The maximum absolute atomic E-state index is 12.3. The second-order valence-corrected chi connectivity index (χ2v) is 6.78. The standard InChI is InChI=1S/C20H26N4O/c1-23(15-17-6-3-2-4-7-17)16-18-9-12-24(13-10-18)20(25)22-19-8-5-11-21-14-19/h2-8,11,14,18H,9-10,12-13,15-16H2,1H3,(H,22,25). The Labute approximate surface area is 149 Å². The predicted octanol–water partition coefficient (Wildman–Crippen LogP) is 3.46. The van der Waals surface area contributed by atoms with Crippen LogP contribution in [0.1, 0.15) is 18.4 Å². The Kier molecular flexibility index (Phi) is 6.01. The molecule has 0 bridgehead atoms. The average molecular weight is 338 g/mol. The molecule has 1 N–H and O–H groups in total. The largest absolute Gasteiger partial charge is 0.325 e. The van der Waals surface area contributed by atoms with Gasteiger partial charge < -0.3 is 15.1 Å². The number of nitrogens with one attached hydrogen (secondary N) is 1. The Bertz CT molecular complexity index is 654. The summed E-state index contributed by atoms with van der Waals surface area (Å²) in [7, 11) is 2.18. The molecule has 1 aliphatic heterocycles. The highest BCUT2D eigenvalue weighted by atomic mass is 16.2. The van der Waals surface area contributed by atoms with Gasteiger partial charge in [-0.2, -0.15) is 0 Å². The van der Waals surface area contributed by atoms with E-state index in [1.54, 1.807) is 12.4 Å². The molecule has 2 heterocycles. The van der Waals surface area contributed by atoms with Gasteiger partial charge in [0.1, 0.15) is 0 Å². The zero-order chi connectivity index (χ0) is 17.5. The second kappa shape index (κ2) is 8.62. The lowest BCUT2D eigenvalue weighted by atomic mass is 9.96. The molecule has 132 valence electrons. The molecule has 0 aliphatic carbocycles. The molecule has 0 atom stereocenters. The molecule has 1 saturated heterocycles. The summed E-state index contributed by atoms with van der Waals surface area (Å²) in [5, 5.41) is 2.91. The maximum atomic E-state index is 12.3. The summed E-state index contributed by atoms with van der Waals surface area (Å²) in [6, 6.07) is 14.2. The third-order valence-electron chi connectivity index (χ3n) is 4.68. The number of pyridine rings is 1. The number of anilines is 1. The summed E-state index contributed by atoms with van der Waals surface area (Å²) < 4.78 is 0. The van der Waals surface area contributed by atoms with Gasteiger partial charge in [0.15, 0.2) is 0 Å². The van der Waals surface area contributed by atoms with Gasteiger partial charge in [0.2, 0.25) is 0 Å². The molecule has 25 heavy (non-hydrogen) atoms. The van der Waals surface area contributed by atoms with Gasteiger partial charge in [-0.15, -0.1) is 0 Å². The van der Waals surface area contributed by atoms with Crippen LogP contribution < -0.4 is 5.32 Å². The first-order chi connectivity index (χ1) is 12.2. The van der Waals surface area contributed by atoms with Crippen LogP contribution in [0.4, 0.5) is 10.5 Å². The number of hydrogen-bond donors (Lipinski definition) is 1. The Hall–Kier alpha value is -2.40. The van der Waals surface area contributed by atoms with Crippen LogP contribution in [-0.4, -0.2) is 47.5 Å². The lowest BCUT2D eigenvalue weighted by molar-refractivity contribution is 0.162. The Morgan fingerprint density at radius 2 is 1.96 bits per heavy atom. The van der Waals surface area contributed by atoms with Crippen molar-refractivity contribution in [3.63, 3.8) is 0 Å². The van der Waals surface area contributed by atoms with Crippen LogP contribution in [0, 0.1) is 5.92 Å².